The molecule has 1 saturated carbocycles. The maximum Gasteiger partial charge on any atom is 0.240 e. The number of anilines is 2. The van der Waals surface area contributed by atoms with Gasteiger partial charge in [-0.1, -0.05) is 29.8 Å². The quantitative estimate of drug-likeness (QED) is 0.630. The molecule has 2 amide bonds. The number of hydrogen-bond acceptors (Lipinski definition) is 3. The fourth-order valence-electron chi connectivity index (χ4n) is 2.57. The number of Topliss-reactive ketones (excluding diaryl/α,β-unsaturated/α-hetero) is 1. The van der Waals surface area contributed by atoms with Crippen molar-refractivity contribution in [1.29, 1.82) is 0 Å². The molecule has 1 aliphatic carbocycles. The van der Waals surface area contributed by atoms with Crippen LogP contribution in [-0.2, 0) is 9.59 Å². The molecule has 0 saturated heterocycles. The molecule has 0 unspecified atom stereocenters. The van der Waals surface area contributed by atoms with Gasteiger partial charge in [0.1, 0.15) is 5.41 Å². The topological polar surface area (TPSA) is 75.3 Å². The van der Waals surface area contributed by atoms with Gasteiger partial charge in [0, 0.05) is 22.0 Å². The van der Waals surface area contributed by atoms with E-state index in [1.165, 1.54) is 6.92 Å². The van der Waals surface area contributed by atoms with Crippen LogP contribution < -0.4 is 10.6 Å². The Labute approximate surface area is 150 Å². The molecule has 6 heteroatoms. The summed E-state index contributed by atoms with van der Waals surface area (Å²) >= 11 is 5.91. The van der Waals surface area contributed by atoms with E-state index in [1.807, 2.05) is 0 Å². The van der Waals surface area contributed by atoms with Crippen LogP contribution >= 0.6 is 11.6 Å². The molecule has 25 heavy (non-hydrogen) atoms. The van der Waals surface area contributed by atoms with Gasteiger partial charge in [-0.2, -0.15) is 0 Å². The van der Waals surface area contributed by atoms with E-state index in [-0.39, 0.29) is 17.6 Å². The third kappa shape index (κ3) is 3.72. The number of amides is 2. The first-order valence-electron chi connectivity index (χ1n) is 7.90. The van der Waals surface area contributed by atoms with Crippen LogP contribution in [0.15, 0.2) is 48.5 Å². The number of nitrogens with one attached hydrogen (secondary N) is 2. The van der Waals surface area contributed by atoms with Crippen molar-refractivity contribution in [2.45, 2.75) is 19.8 Å². The predicted octanol–water partition coefficient (Wildman–Crippen LogP) is 3.90. The summed E-state index contributed by atoms with van der Waals surface area (Å²) in [6, 6.07) is 13.4. The van der Waals surface area contributed by atoms with Gasteiger partial charge in [0.05, 0.1) is 0 Å². The van der Waals surface area contributed by atoms with Crippen molar-refractivity contribution in [3.05, 3.63) is 59.1 Å². The highest BCUT2D eigenvalue weighted by Gasteiger charge is 2.56. The molecule has 0 heterocycles. The second-order valence-electron chi connectivity index (χ2n) is 6.14. The van der Waals surface area contributed by atoms with Crippen molar-refractivity contribution < 1.29 is 14.4 Å². The highest BCUT2D eigenvalue weighted by Crippen LogP contribution is 2.47. The van der Waals surface area contributed by atoms with Crippen molar-refractivity contribution in [1.82, 2.24) is 0 Å². The molecule has 1 aliphatic rings. The maximum atomic E-state index is 12.6. The van der Waals surface area contributed by atoms with E-state index in [4.69, 9.17) is 11.6 Å². The predicted molar refractivity (Wildman–Crippen MR) is 96.8 cm³/mol. The Balaban J connectivity index is 1.72. The molecule has 2 aromatic rings. The van der Waals surface area contributed by atoms with Crippen molar-refractivity contribution in [2.75, 3.05) is 10.6 Å². The number of halogens is 1. The van der Waals surface area contributed by atoms with Crippen LogP contribution in [0.3, 0.4) is 0 Å². The van der Waals surface area contributed by atoms with Gasteiger partial charge >= 0.3 is 0 Å². The Morgan fingerprint density at radius 3 is 2.00 bits per heavy atom. The van der Waals surface area contributed by atoms with Gasteiger partial charge < -0.3 is 10.6 Å². The smallest absolute Gasteiger partial charge is 0.240 e. The van der Waals surface area contributed by atoms with Crippen LogP contribution in [0.4, 0.5) is 11.4 Å². The second kappa shape index (κ2) is 6.69. The lowest BCUT2D eigenvalue weighted by Crippen LogP contribution is -2.35. The van der Waals surface area contributed by atoms with Crippen molar-refractivity contribution in [2.24, 2.45) is 5.41 Å². The molecule has 0 aliphatic heterocycles. The summed E-state index contributed by atoms with van der Waals surface area (Å²) in [7, 11) is 0. The molecule has 5 nitrogen and oxygen atoms in total. The average Bonchev–Trinajstić information content (AvgIpc) is 3.37. The van der Waals surface area contributed by atoms with E-state index in [9.17, 15) is 14.4 Å². The molecule has 0 spiro atoms. The highest BCUT2D eigenvalue weighted by molar-refractivity contribution is 6.31. The third-order valence-electron chi connectivity index (χ3n) is 4.23. The van der Waals surface area contributed by atoms with Crippen LogP contribution in [0.2, 0.25) is 5.02 Å². The number of carbonyl (C=O) groups excluding carboxylic acids is 3. The minimum Gasteiger partial charge on any atom is -0.325 e. The molecule has 0 atom stereocenters. The molecule has 0 radical (unpaired) electrons. The summed E-state index contributed by atoms with van der Waals surface area (Å²) in [6.07, 6.45) is 0.968. The van der Waals surface area contributed by atoms with Crippen LogP contribution in [0.1, 0.15) is 30.1 Å². The van der Waals surface area contributed by atoms with Gasteiger partial charge in [-0.15, -0.1) is 0 Å². The van der Waals surface area contributed by atoms with Crippen LogP contribution in [0, 0.1) is 5.41 Å². The zero-order chi connectivity index (χ0) is 18.0. The molecule has 1 fully saturated rings. The largest absolute Gasteiger partial charge is 0.325 e. The van der Waals surface area contributed by atoms with Crippen molar-refractivity contribution in [3.63, 3.8) is 0 Å². The molecular formula is C19H17ClN2O3. The Bertz CT molecular complexity index is 859. The van der Waals surface area contributed by atoms with Crippen molar-refractivity contribution in [3.8, 4) is 0 Å². The Morgan fingerprint density at radius 1 is 0.920 bits per heavy atom. The summed E-state index contributed by atoms with van der Waals surface area (Å²) < 4.78 is 0. The van der Waals surface area contributed by atoms with E-state index >= 15 is 0 Å². The lowest BCUT2D eigenvalue weighted by atomic mass is 10.0. The summed E-state index contributed by atoms with van der Waals surface area (Å²) in [5.41, 5.74) is 0.481. The zero-order valence-corrected chi connectivity index (χ0v) is 14.4. The maximum absolute atomic E-state index is 12.6. The Hall–Kier alpha value is -2.66. The van der Waals surface area contributed by atoms with Gasteiger partial charge in [0.15, 0.2) is 5.78 Å². The monoisotopic (exact) mass is 356 g/mol. The third-order valence-corrected chi connectivity index (χ3v) is 4.46. The molecule has 0 aromatic heterocycles. The lowest BCUT2D eigenvalue weighted by molar-refractivity contribution is -0.131. The Morgan fingerprint density at radius 2 is 1.48 bits per heavy atom. The molecule has 3 rings (SSSR count). The van der Waals surface area contributed by atoms with Crippen LogP contribution in [0.25, 0.3) is 0 Å². The SMILES string of the molecule is CC(=O)c1cccc(NC(=O)C2(C(=O)Nc3cccc(Cl)c3)CC2)c1. The van der Waals surface area contributed by atoms with E-state index in [0.717, 1.165) is 0 Å². The lowest BCUT2D eigenvalue weighted by Gasteiger charge is -2.16. The van der Waals surface area contributed by atoms with Gasteiger partial charge in [-0.3, -0.25) is 14.4 Å². The minimum atomic E-state index is -1.07. The Kier molecular flexibility index (Phi) is 4.59. The molecule has 2 aromatic carbocycles. The second-order valence-corrected chi connectivity index (χ2v) is 6.57. The van der Waals surface area contributed by atoms with E-state index in [2.05, 4.69) is 10.6 Å². The van der Waals surface area contributed by atoms with E-state index in [1.54, 1.807) is 48.5 Å². The van der Waals surface area contributed by atoms with Crippen LogP contribution in [-0.4, -0.2) is 17.6 Å². The van der Waals surface area contributed by atoms with E-state index in [0.29, 0.717) is 34.8 Å². The number of hydrogen-bond donors (Lipinski definition) is 2. The minimum absolute atomic E-state index is 0.0871. The highest BCUT2D eigenvalue weighted by atomic mass is 35.5. The van der Waals surface area contributed by atoms with Crippen LogP contribution in [0.5, 0.6) is 0 Å². The molecular weight excluding hydrogens is 340 g/mol. The average molecular weight is 357 g/mol. The molecule has 2 N–H and O–H groups in total. The van der Waals surface area contributed by atoms with Gasteiger partial charge in [-0.05, 0) is 50.1 Å². The molecule has 128 valence electrons. The van der Waals surface area contributed by atoms with Crippen molar-refractivity contribution >= 4 is 40.6 Å². The first-order chi connectivity index (χ1) is 11.9. The zero-order valence-electron chi connectivity index (χ0n) is 13.6. The number of ketones is 1. The normalized spacial score (nSPS) is 14.5. The van der Waals surface area contributed by atoms with Gasteiger partial charge in [-0.25, -0.2) is 0 Å². The number of rotatable bonds is 5. The fourth-order valence-corrected chi connectivity index (χ4v) is 2.76. The first kappa shape index (κ1) is 17.2. The van der Waals surface area contributed by atoms with Gasteiger partial charge in [0.25, 0.3) is 0 Å². The fraction of sp³-hybridized carbons (Fsp3) is 0.211. The summed E-state index contributed by atoms with van der Waals surface area (Å²) in [6.45, 7) is 1.46. The summed E-state index contributed by atoms with van der Waals surface area (Å²) in [4.78, 5) is 36.6. The van der Waals surface area contributed by atoms with Gasteiger partial charge in [0.2, 0.25) is 11.8 Å². The van der Waals surface area contributed by atoms with E-state index < -0.39 is 5.41 Å². The molecule has 0 bridgehead atoms. The number of benzene rings is 2. The standard InChI is InChI=1S/C19H17ClN2O3/c1-12(23)13-4-2-6-15(10-13)21-17(24)19(8-9-19)18(25)22-16-7-3-5-14(20)11-16/h2-7,10-11H,8-9H2,1H3,(H,21,24)(H,22,25). The summed E-state index contributed by atoms with van der Waals surface area (Å²) in [5, 5.41) is 5.99. The number of carbonyl (C=O) groups is 3. The first-order valence-corrected chi connectivity index (χ1v) is 8.28. The summed E-state index contributed by atoms with van der Waals surface area (Å²) in [5.74, 6) is -0.807.